The van der Waals surface area contributed by atoms with Crippen LogP contribution in [-0.2, 0) is 6.18 Å². The lowest BCUT2D eigenvalue weighted by Gasteiger charge is -2.45. The van der Waals surface area contributed by atoms with Crippen LogP contribution in [0.1, 0.15) is 17.5 Å². The van der Waals surface area contributed by atoms with Crippen LogP contribution in [0, 0.1) is 11.6 Å². The summed E-state index contributed by atoms with van der Waals surface area (Å²) in [5.74, 6) is -3.44. The molecular weight excluding hydrogens is 423 g/mol. The van der Waals surface area contributed by atoms with Crippen molar-refractivity contribution in [1.29, 1.82) is 0 Å². The molecule has 11 heteroatoms. The first-order valence-electron chi connectivity index (χ1n) is 9.26. The van der Waals surface area contributed by atoms with Gasteiger partial charge < -0.3 is 14.5 Å². The number of aliphatic hydroxyl groups is 1. The van der Waals surface area contributed by atoms with Crippen LogP contribution in [0.25, 0.3) is 11.4 Å². The number of aliphatic hydroxyl groups excluding tert-OH is 1. The maximum absolute atomic E-state index is 14.8. The number of piperazine rings is 1. The normalized spacial score (nSPS) is 20.3. The quantitative estimate of drug-likeness (QED) is 0.625. The van der Waals surface area contributed by atoms with E-state index in [1.54, 1.807) is 22.9 Å². The van der Waals surface area contributed by atoms with Crippen LogP contribution in [0.2, 0.25) is 0 Å². The summed E-state index contributed by atoms with van der Waals surface area (Å²) in [7, 11) is 1.71. The molecule has 2 unspecified atom stereocenters. The molecule has 1 N–H and O–H groups in total. The van der Waals surface area contributed by atoms with Crippen molar-refractivity contribution in [3.63, 3.8) is 0 Å². The van der Waals surface area contributed by atoms with E-state index in [-0.39, 0.29) is 5.56 Å². The van der Waals surface area contributed by atoms with Crippen molar-refractivity contribution in [2.75, 3.05) is 25.0 Å². The van der Waals surface area contributed by atoms with Gasteiger partial charge in [-0.2, -0.15) is 18.2 Å². The minimum Gasteiger partial charge on any atom is -0.376 e. The second-order valence-corrected chi connectivity index (χ2v) is 7.17. The van der Waals surface area contributed by atoms with E-state index in [2.05, 4.69) is 14.7 Å². The summed E-state index contributed by atoms with van der Waals surface area (Å²) in [6.07, 6.45) is -5.83. The number of nitrogens with zero attached hydrogens (tertiary/aromatic N) is 4. The van der Waals surface area contributed by atoms with E-state index in [1.165, 1.54) is 30.3 Å². The molecule has 0 radical (unpaired) electrons. The smallest absolute Gasteiger partial charge is 0.376 e. The predicted octanol–water partition coefficient (Wildman–Crippen LogP) is 3.85. The monoisotopic (exact) mass is 440 g/mol. The van der Waals surface area contributed by atoms with Gasteiger partial charge in [0.2, 0.25) is 5.82 Å². The second kappa shape index (κ2) is 7.89. The van der Waals surface area contributed by atoms with Crippen molar-refractivity contribution >= 4 is 5.69 Å². The zero-order chi connectivity index (χ0) is 22.3. The number of alkyl halides is 3. The molecular formula is C20H17F5N4O2. The van der Waals surface area contributed by atoms with Crippen LogP contribution >= 0.6 is 0 Å². The number of rotatable bonds is 3. The molecule has 1 aliphatic rings. The Labute approximate surface area is 173 Å². The Balaban J connectivity index is 1.69. The van der Waals surface area contributed by atoms with Crippen molar-refractivity contribution in [2.45, 2.75) is 18.4 Å². The molecule has 1 aliphatic heterocycles. The number of benzene rings is 2. The van der Waals surface area contributed by atoms with Gasteiger partial charge in [0.25, 0.3) is 0 Å². The Kier molecular flexibility index (Phi) is 5.40. The summed E-state index contributed by atoms with van der Waals surface area (Å²) in [6, 6.07) is 8.89. The SMILES string of the molecule is CN1CCN(c2ccc(-c3noc(C(F)(F)F)n3)c(F)c2)C(c2cccc(F)c2)C1O. The molecule has 6 nitrogen and oxygen atoms in total. The topological polar surface area (TPSA) is 65.6 Å². The Morgan fingerprint density at radius 3 is 2.52 bits per heavy atom. The molecule has 0 bridgehead atoms. The molecule has 0 spiro atoms. The molecule has 2 atom stereocenters. The minimum atomic E-state index is -4.84. The zero-order valence-corrected chi connectivity index (χ0v) is 16.1. The number of anilines is 1. The van der Waals surface area contributed by atoms with E-state index in [4.69, 9.17) is 0 Å². The van der Waals surface area contributed by atoms with E-state index >= 15 is 0 Å². The van der Waals surface area contributed by atoms with Crippen LogP contribution in [0.3, 0.4) is 0 Å². The first kappa shape index (κ1) is 21.2. The molecule has 4 rings (SSSR count). The van der Waals surface area contributed by atoms with Gasteiger partial charge >= 0.3 is 12.1 Å². The lowest BCUT2D eigenvalue weighted by atomic mass is 9.99. The molecule has 2 heterocycles. The average Bonchev–Trinajstić information content (AvgIpc) is 3.20. The van der Waals surface area contributed by atoms with Gasteiger partial charge in [-0.3, -0.25) is 4.90 Å². The highest BCUT2D eigenvalue weighted by Crippen LogP contribution is 2.36. The zero-order valence-electron chi connectivity index (χ0n) is 16.1. The maximum atomic E-state index is 14.8. The third kappa shape index (κ3) is 4.10. The Hall–Kier alpha value is -3.05. The van der Waals surface area contributed by atoms with Gasteiger partial charge in [0, 0.05) is 18.8 Å². The van der Waals surface area contributed by atoms with E-state index < -0.39 is 41.8 Å². The lowest BCUT2D eigenvalue weighted by molar-refractivity contribution is -0.159. The molecule has 31 heavy (non-hydrogen) atoms. The summed E-state index contributed by atoms with van der Waals surface area (Å²) in [6.45, 7) is 0.851. The average molecular weight is 440 g/mol. The van der Waals surface area contributed by atoms with Gasteiger partial charge in [-0.25, -0.2) is 8.78 Å². The van der Waals surface area contributed by atoms with E-state index in [9.17, 15) is 27.1 Å². The van der Waals surface area contributed by atoms with Crippen LogP contribution in [0.5, 0.6) is 0 Å². The predicted molar refractivity (Wildman–Crippen MR) is 99.8 cm³/mol. The highest BCUT2D eigenvalue weighted by Gasteiger charge is 2.39. The fraction of sp³-hybridized carbons (Fsp3) is 0.300. The lowest BCUT2D eigenvalue weighted by Crippen LogP contribution is -2.53. The minimum absolute atomic E-state index is 0.264. The van der Waals surface area contributed by atoms with Crippen LogP contribution in [-0.4, -0.2) is 46.5 Å². The van der Waals surface area contributed by atoms with Gasteiger partial charge in [0.05, 0.1) is 11.6 Å². The third-order valence-electron chi connectivity index (χ3n) is 5.15. The number of aromatic nitrogens is 2. The van der Waals surface area contributed by atoms with E-state index in [0.29, 0.717) is 24.3 Å². The van der Waals surface area contributed by atoms with E-state index in [0.717, 1.165) is 6.07 Å². The summed E-state index contributed by atoms with van der Waals surface area (Å²) < 4.78 is 70.8. The molecule has 1 saturated heterocycles. The van der Waals surface area contributed by atoms with E-state index in [1.807, 2.05) is 0 Å². The van der Waals surface area contributed by atoms with Crippen LogP contribution < -0.4 is 4.90 Å². The summed E-state index contributed by atoms with van der Waals surface area (Å²) in [5, 5.41) is 13.9. The van der Waals surface area contributed by atoms with Gasteiger partial charge in [0.1, 0.15) is 17.9 Å². The Bertz CT molecular complexity index is 1090. The molecule has 0 amide bonds. The molecule has 2 aromatic carbocycles. The van der Waals surface area contributed by atoms with Gasteiger partial charge in [0.15, 0.2) is 0 Å². The highest BCUT2D eigenvalue weighted by molar-refractivity contribution is 5.62. The van der Waals surface area contributed by atoms with Gasteiger partial charge in [-0.15, -0.1) is 0 Å². The van der Waals surface area contributed by atoms with Crippen LogP contribution in [0.15, 0.2) is 47.0 Å². The van der Waals surface area contributed by atoms with Gasteiger partial charge in [-0.1, -0.05) is 17.3 Å². The second-order valence-electron chi connectivity index (χ2n) is 7.17. The molecule has 164 valence electrons. The number of hydrogen-bond acceptors (Lipinski definition) is 6. The number of hydrogen-bond donors (Lipinski definition) is 1. The third-order valence-corrected chi connectivity index (χ3v) is 5.15. The molecule has 0 saturated carbocycles. The number of halogens is 5. The summed E-state index contributed by atoms with van der Waals surface area (Å²) in [4.78, 5) is 6.61. The Morgan fingerprint density at radius 2 is 1.87 bits per heavy atom. The fourth-order valence-electron chi connectivity index (χ4n) is 3.58. The molecule has 3 aromatic rings. The van der Waals surface area contributed by atoms with Crippen molar-refractivity contribution in [1.82, 2.24) is 15.0 Å². The molecule has 1 aromatic heterocycles. The molecule has 1 fully saturated rings. The van der Waals surface area contributed by atoms with Crippen molar-refractivity contribution in [3.05, 3.63) is 65.6 Å². The first-order valence-corrected chi connectivity index (χ1v) is 9.26. The molecule has 0 aliphatic carbocycles. The summed E-state index contributed by atoms with van der Waals surface area (Å²) in [5.41, 5.74) is 0.596. The van der Waals surface area contributed by atoms with Crippen molar-refractivity contribution in [3.8, 4) is 11.4 Å². The van der Waals surface area contributed by atoms with Crippen molar-refractivity contribution < 1.29 is 31.6 Å². The summed E-state index contributed by atoms with van der Waals surface area (Å²) >= 11 is 0. The fourth-order valence-corrected chi connectivity index (χ4v) is 3.58. The largest absolute Gasteiger partial charge is 0.471 e. The van der Waals surface area contributed by atoms with Crippen molar-refractivity contribution in [2.24, 2.45) is 0 Å². The standard InChI is InChI=1S/C20H17F5N4O2/c1-28-7-8-29(16(18(28)30)11-3-2-4-12(21)9-11)13-5-6-14(15(22)10-13)17-26-19(31-27-17)20(23,24)25/h2-6,9-10,16,18,30H,7-8H2,1H3. The Morgan fingerprint density at radius 1 is 1.10 bits per heavy atom. The van der Waals surface area contributed by atoms with Crippen LogP contribution in [0.4, 0.5) is 27.6 Å². The highest BCUT2D eigenvalue weighted by atomic mass is 19.4. The first-order chi connectivity index (χ1) is 14.6. The van der Waals surface area contributed by atoms with Gasteiger partial charge in [-0.05, 0) is 42.9 Å². The number of likely N-dealkylation sites (N-methyl/N-ethyl adjacent to an activating group) is 1. The maximum Gasteiger partial charge on any atom is 0.471 e.